The molecule has 1 fully saturated rings. The maximum atomic E-state index is 13.2. The van der Waals surface area contributed by atoms with Crippen LogP contribution in [-0.2, 0) is 9.59 Å². The van der Waals surface area contributed by atoms with Crippen LogP contribution in [0.1, 0.15) is 36.4 Å². The number of nitrogens with one attached hydrogen (secondary N) is 1. The lowest BCUT2D eigenvalue weighted by atomic mass is 9.94. The molecule has 1 aliphatic rings. The molecule has 2 aromatic carbocycles. The van der Waals surface area contributed by atoms with Gasteiger partial charge in [0.1, 0.15) is 5.75 Å². The number of hydrogen-bond donors (Lipinski definition) is 1. The first-order valence-electron chi connectivity index (χ1n) is 11.4. The second kappa shape index (κ2) is 11.3. The van der Waals surface area contributed by atoms with Crippen LogP contribution in [0, 0.1) is 5.92 Å². The van der Waals surface area contributed by atoms with E-state index in [4.69, 9.17) is 4.74 Å². The second-order valence-electron chi connectivity index (χ2n) is 8.22. The fourth-order valence-corrected chi connectivity index (χ4v) is 4.17. The van der Waals surface area contributed by atoms with E-state index in [9.17, 15) is 9.59 Å². The number of aromatic nitrogens is 1. The van der Waals surface area contributed by atoms with Crippen molar-refractivity contribution in [3.05, 3.63) is 96.3 Å². The van der Waals surface area contributed by atoms with Crippen molar-refractivity contribution < 1.29 is 14.3 Å². The standard InChI is InChI=1S/C27H29N3O3/c31-25(15-19-33-24-11-5-2-6-12-24)30-18-7-10-23(20-30)27(32)29-26(21-8-3-1-4-9-21)22-13-16-28-17-14-22/h1-6,8-9,11-14,16-17,23,26H,7,10,15,18-20H2,(H,29,32). The number of hydrogen-bond acceptors (Lipinski definition) is 4. The van der Waals surface area contributed by atoms with Gasteiger partial charge in [-0.15, -0.1) is 0 Å². The lowest BCUT2D eigenvalue weighted by Gasteiger charge is -2.33. The highest BCUT2D eigenvalue weighted by Gasteiger charge is 2.30. The van der Waals surface area contributed by atoms with Crippen molar-refractivity contribution in [2.45, 2.75) is 25.3 Å². The van der Waals surface area contributed by atoms with E-state index >= 15 is 0 Å². The molecule has 0 radical (unpaired) electrons. The van der Waals surface area contributed by atoms with E-state index in [2.05, 4.69) is 10.3 Å². The van der Waals surface area contributed by atoms with Crippen LogP contribution < -0.4 is 10.1 Å². The molecule has 2 amide bonds. The Hall–Kier alpha value is -3.67. The predicted octanol–water partition coefficient (Wildman–Crippen LogP) is 3.99. The van der Waals surface area contributed by atoms with Crippen molar-refractivity contribution in [1.82, 2.24) is 15.2 Å². The molecule has 0 saturated carbocycles. The summed E-state index contributed by atoms with van der Waals surface area (Å²) in [5, 5.41) is 3.21. The lowest BCUT2D eigenvalue weighted by Crippen LogP contribution is -2.46. The third kappa shape index (κ3) is 6.19. The second-order valence-corrected chi connectivity index (χ2v) is 8.22. The van der Waals surface area contributed by atoms with Gasteiger partial charge in [0.05, 0.1) is 25.0 Å². The van der Waals surface area contributed by atoms with Gasteiger partial charge in [0, 0.05) is 25.5 Å². The normalized spacial score (nSPS) is 16.6. The Balaban J connectivity index is 1.35. The van der Waals surface area contributed by atoms with E-state index in [1.54, 1.807) is 17.3 Å². The SMILES string of the molecule is O=C(NC(c1ccccc1)c1ccncc1)C1CCCN(C(=O)CCOc2ccccc2)C1. The number of piperidine rings is 1. The Bertz CT molecular complexity index is 989. The summed E-state index contributed by atoms with van der Waals surface area (Å²) < 4.78 is 5.66. The van der Waals surface area contributed by atoms with Crippen molar-refractivity contribution in [1.29, 1.82) is 0 Å². The maximum Gasteiger partial charge on any atom is 0.226 e. The number of carbonyl (C=O) groups excluding carboxylic acids is 2. The van der Waals surface area contributed by atoms with Crippen molar-refractivity contribution in [3.8, 4) is 5.75 Å². The van der Waals surface area contributed by atoms with Crippen LogP contribution >= 0.6 is 0 Å². The third-order valence-electron chi connectivity index (χ3n) is 5.93. The molecule has 6 nitrogen and oxygen atoms in total. The van der Waals surface area contributed by atoms with E-state index in [0.717, 1.165) is 29.7 Å². The highest BCUT2D eigenvalue weighted by Crippen LogP contribution is 2.24. The Labute approximate surface area is 194 Å². The molecule has 1 saturated heterocycles. The van der Waals surface area contributed by atoms with Crippen LogP contribution in [0.15, 0.2) is 85.2 Å². The van der Waals surface area contributed by atoms with Crippen LogP contribution in [0.25, 0.3) is 0 Å². The molecule has 2 heterocycles. The molecule has 2 unspecified atom stereocenters. The van der Waals surface area contributed by atoms with Gasteiger partial charge in [-0.05, 0) is 48.2 Å². The van der Waals surface area contributed by atoms with Gasteiger partial charge in [0.2, 0.25) is 11.8 Å². The quantitative estimate of drug-likeness (QED) is 0.571. The number of nitrogens with zero attached hydrogens (tertiary/aromatic N) is 2. The average molecular weight is 444 g/mol. The molecule has 0 bridgehead atoms. The molecular weight excluding hydrogens is 414 g/mol. The number of rotatable bonds is 8. The monoisotopic (exact) mass is 443 g/mol. The third-order valence-corrected chi connectivity index (χ3v) is 5.93. The highest BCUT2D eigenvalue weighted by molar-refractivity contribution is 5.82. The van der Waals surface area contributed by atoms with Crippen LogP contribution in [0.3, 0.4) is 0 Å². The van der Waals surface area contributed by atoms with E-state index in [1.165, 1.54) is 0 Å². The summed E-state index contributed by atoms with van der Waals surface area (Å²) in [5.41, 5.74) is 1.99. The summed E-state index contributed by atoms with van der Waals surface area (Å²) in [5.74, 6) is 0.519. The number of carbonyl (C=O) groups is 2. The van der Waals surface area contributed by atoms with Gasteiger partial charge < -0.3 is 15.0 Å². The Morgan fingerprint density at radius 1 is 0.970 bits per heavy atom. The summed E-state index contributed by atoms with van der Waals surface area (Å²) in [7, 11) is 0. The van der Waals surface area contributed by atoms with Gasteiger partial charge in [-0.25, -0.2) is 0 Å². The highest BCUT2D eigenvalue weighted by atomic mass is 16.5. The maximum absolute atomic E-state index is 13.2. The zero-order valence-corrected chi connectivity index (χ0v) is 18.6. The fourth-order valence-electron chi connectivity index (χ4n) is 4.17. The van der Waals surface area contributed by atoms with Crippen molar-refractivity contribution in [2.24, 2.45) is 5.92 Å². The molecule has 0 aliphatic carbocycles. The Morgan fingerprint density at radius 3 is 2.36 bits per heavy atom. The van der Waals surface area contributed by atoms with Crippen molar-refractivity contribution >= 4 is 11.8 Å². The van der Waals surface area contributed by atoms with Gasteiger partial charge in [-0.2, -0.15) is 0 Å². The van der Waals surface area contributed by atoms with Crippen molar-refractivity contribution in [2.75, 3.05) is 19.7 Å². The van der Waals surface area contributed by atoms with Crippen LogP contribution in [0.4, 0.5) is 0 Å². The number of ether oxygens (including phenoxy) is 1. The minimum Gasteiger partial charge on any atom is -0.493 e. The van der Waals surface area contributed by atoms with E-state index in [1.807, 2.05) is 72.8 Å². The van der Waals surface area contributed by atoms with Crippen LogP contribution in [-0.4, -0.2) is 41.4 Å². The fraction of sp³-hybridized carbons (Fsp3) is 0.296. The van der Waals surface area contributed by atoms with Crippen molar-refractivity contribution in [3.63, 3.8) is 0 Å². The smallest absolute Gasteiger partial charge is 0.226 e. The Kier molecular flexibility index (Phi) is 7.69. The average Bonchev–Trinajstić information content (AvgIpc) is 2.89. The molecule has 6 heteroatoms. The zero-order valence-electron chi connectivity index (χ0n) is 18.6. The Morgan fingerprint density at radius 2 is 1.64 bits per heavy atom. The van der Waals surface area contributed by atoms with E-state index in [-0.39, 0.29) is 23.8 Å². The first kappa shape index (κ1) is 22.5. The molecule has 4 rings (SSSR count). The lowest BCUT2D eigenvalue weighted by molar-refractivity contribution is -0.136. The molecule has 2 atom stereocenters. The molecule has 1 N–H and O–H groups in total. The zero-order chi connectivity index (χ0) is 22.9. The minimum atomic E-state index is -0.257. The van der Waals surface area contributed by atoms with Gasteiger partial charge in [0.15, 0.2) is 0 Å². The minimum absolute atomic E-state index is 0.0252. The van der Waals surface area contributed by atoms with Gasteiger partial charge in [-0.3, -0.25) is 14.6 Å². The van der Waals surface area contributed by atoms with E-state index < -0.39 is 0 Å². The number of pyridine rings is 1. The molecule has 33 heavy (non-hydrogen) atoms. The summed E-state index contributed by atoms with van der Waals surface area (Å²) in [4.78, 5) is 31.9. The summed E-state index contributed by atoms with van der Waals surface area (Å²) in [6.07, 6.45) is 5.35. The first-order valence-corrected chi connectivity index (χ1v) is 11.4. The summed E-state index contributed by atoms with van der Waals surface area (Å²) >= 11 is 0. The molecule has 170 valence electrons. The molecule has 0 spiro atoms. The molecule has 3 aromatic rings. The van der Waals surface area contributed by atoms with Crippen LogP contribution in [0.2, 0.25) is 0 Å². The first-order chi connectivity index (χ1) is 16.2. The number of likely N-dealkylation sites (tertiary alicyclic amines) is 1. The summed E-state index contributed by atoms with van der Waals surface area (Å²) in [6, 6.07) is 23.0. The predicted molar refractivity (Wildman–Crippen MR) is 127 cm³/mol. The van der Waals surface area contributed by atoms with Gasteiger partial charge in [-0.1, -0.05) is 48.5 Å². The molecular formula is C27H29N3O3. The number of para-hydroxylation sites is 1. The largest absolute Gasteiger partial charge is 0.493 e. The summed E-state index contributed by atoms with van der Waals surface area (Å²) in [6.45, 7) is 1.45. The number of benzene rings is 2. The van der Waals surface area contributed by atoms with Crippen LogP contribution in [0.5, 0.6) is 5.75 Å². The topological polar surface area (TPSA) is 71.5 Å². The van der Waals surface area contributed by atoms with Gasteiger partial charge >= 0.3 is 0 Å². The molecule has 1 aromatic heterocycles. The van der Waals surface area contributed by atoms with E-state index in [0.29, 0.717) is 26.1 Å². The number of amides is 2. The van der Waals surface area contributed by atoms with Gasteiger partial charge in [0.25, 0.3) is 0 Å². The molecule has 1 aliphatic heterocycles.